The van der Waals surface area contributed by atoms with Gasteiger partial charge in [-0.1, -0.05) is 41.4 Å². The van der Waals surface area contributed by atoms with Gasteiger partial charge in [-0.2, -0.15) is 8.78 Å². The highest BCUT2D eigenvalue weighted by molar-refractivity contribution is 8.00. The Morgan fingerprint density at radius 3 is 2.34 bits per heavy atom. The summed E-state index contributed by atoms with van der Waals surface area (Å²) >= 11 is 14.2. The highest BCUT2D eigenvalue weighted by atomic mass is 35.5. The standard InChI is InChI=1S/C34H35Cl2F2N3O7S2/c35-26-17-39-18-27(36)25(26)16-29(24-7-8-28(48-34(37)38)30(15-24)46-20-22-1-2-22)47-33(43)32-41(9-12-49-32)31(42)23-5-3-21(4-6-23)19-40-10-13-50(44,45)14-11-40/h3-8,15,17-18,22,29,32,34H,1-2,9-14,16,19-20H2/t29-,32?/m0/s1. The number of hydrogen-bond donors (Lipinski definition) is 0. The zero-order valence-corrected chi connectivity index (χ0v) is 30.0. The first-order chi connectivity index (χ1) is 24.0. The number of ether oxygens (including phenoxy) is 3. The van der Waals surface area contributed by atoms with Gasteiger partial charge in [-0.15, -0.1) is 11.8 Å². The van der Waals surface area contributed by atoms with Crippen molar-refractivity contribution in [2.75, 3.05) is 43.5 Å². The summed E-state index contributed by atoms with van der Waals surface area (Å²) in [4.78, 5) is 35.0. The van der Waals surface area contributed by atoms with Gasteiger partial charge in [0.05, 0.1) is 28.2 Å². The summed E-state index contributed by atoms with van der Waals surface area (Å²) in [5.74, 6) is 0.0286. The number of aromatic nitrogens is 1. The van der Waals surface area contributed by atoms with Crippen LogP contribution in [-0.4, -0.2) is 90.6 Å². The Morgan fingerprint density at radius 2 is 1.68 bits per heavy atom. The molecule has 3 fully saturated rings. The molecule has 2 atom stereocenters. The maximum atomic E-state index is 13.9. The minimum absolute atomic E-state index is 0.0266. The van der Waals surface area contributed by atoms with Crippen LogP contribution in [0.3, 0.4) is 0 Å². The minimum atomic E-state index is -3.07. The second-order valence-electron chi connectivity index (χ2n) is 12.4. The third-order valence-corrected chi connectivity index (χ3v) is 12.2. The Bertz CT molecular complexity index is 1780. The van der Waals surface area contributed by atoms with E-state index in [-0.39, 0.29) is 45.4 Å². The molecule has 3 aliphatic rings. The number of rotatable bonds is 13. The first kappa shape index (κ1) is 36.6. The SMILES string of the molecule is O=C(O[C@@H](Cc1c(Cl)cncc1Cl)c1ccc(OC(F)F)c(OCC2CC2)c1)C1SCCN1C(=O)c1ccc(CN2CCS(=O)(=O)CC2)cc1. The Morgan fingerprint density at radius 1 is 0.980 bits per heavy atom. The van der Waals surface area contributed by atoms with Crippen LogP contribution in [0.15, 0.2) is 54.9 Å². The zero-order valence-electron chi connectivity index (χ0n) is 26.8. The van der Waals surface area contributed by atoms with Gasteiger partial charge in [0.15, 0.2) is 26.7 Å². The van der Waals surface area contributed by atoms with Crippen LogP contribution in [0.4, 0.5) is 8.78 Å². The third-order valence-electron chi connectivity index (χ3n) is 8.72. The number of thioether (sulfide) groups is 1. The lowest BCUT2D eigenvalue weighted by atomic mass is 10.0. The average Bonchev–Trinajstić information content (AvgIpc) is 3.79. The molecule has 2 aromatic carbocycles. The molecule has 1 aliphatic carbocycles. The Balaban J connectivity index is 1.19. The van der Waals surface area contributed by atoms with Gasteiger partial charge in [-0.3, -0.25) is 14.7 Å². The van der Waals surface area contributed by atoms with E-state index in [9.17, 15) is 26.8 Å². The summed E-state index contributed by atoms with van der Waals surface area (Å²) in [6.07, 6.45) is 3.83. The van der Waals surface area contributed by atoms with Crippen molar-refractivity contribution >= 4 is 56.7 Å². The molecule has 3 heterocycles. The molecule has 1 saturated carbocycles. The van der Waals surface area contributed by atoms with Crippen molar-refractivity contribution in [3.8, 4) is 11.5 Å². The van der Waals surface area contributed by atoms with Crippen molar-refractivity contribution in [1.82, 2.24) is 14.8 Å². The lowest BCUT2D eigenvalue weighted by Gasteiger charge is -2.27. The van der Waals surface area contributed by atoms with Gasteiger partial charge in [0.25, 0.3) is 5.91 Å². The molecule has 2 aliphatic heterocycles. The molecular formula is C34H35Cl2F2N3O7S2. The summed E-state index contributed by atoms with van der Waals surface area (Å²) in [6, 6.07) is 11.4. The highest BCUT2D eigenvalue weighted by Crippen LogP contribution is 2.39. The lowest BCUT2D eigenvalue weighted by Crippen LogP contribution is -2.41. The van der Waals surface area contributed by atoms with Crippen molar-refractivity contribution in [2.24, 2.45) is 5.92 Å². The summed E-state index contributed by atoms with van der Waals surface area (Å²) in [6.45, 7) is -0.939. The van der Waals surface area contributed by atoms with Crippen molar-refractivity contribution in [3.05, 3.63) is 87.2 Å². The number of halogens is 4. The summed E-state index contributed by atoms with van der Waals surface area (Å²) in [7, 11) is -2.98. The van der Waals surface area contributed by atoms with E-state index in [1.165, 1.54) is 47.3 Å². The molecule has 1 aromatic heterocycles. The number of nitrogens with zero attached hydrogens (tertiary/aromatic N) is 3. The first-order valence-electron chi connectivity index (χ1n) is 16.1. The topological polar surface area (TPSA) is 115 Å². The number of alkyl halides is 2. The van der Waals surface area contributed by atoms with Crippen molar-refractivity contribution < 1.29 is 41.0 Å². The second-order valence-corrected chi connectivity index (χ2v) is 16.7. The first-order valence-corrected chi connectivity index (χ1v) is 19.7. The molecule has 6 rings (SSSR count). The Kier molecular flexibility index (Phi) is 11.7. The molecule has 10 nitrogen and oxygen atoms in total. The van der Waals surface area contributed by atoms with Gasteiger partial charge in [0.2, 0.25) is 0 Å². The molecule has 1 unspecified atom stereocenters. The molecule has 16 heteroatoms. The van der Waals surface area contributed by atoms with Crippen LogP contribution in [0.1, 0.15) is 46.0 Å². The van der Waals surface area contributed by atoms with E-state index < -0.39 is 33.9 Å². The maximum Gasteiger partial charge on any atom is 0.387 e. The van der Waals surface area contributed by atoms with Gasteiger partial charge in [-0.05, 0) is 59.7 Å². The number of hydrogen-bond acceptors (Lipinski definition) is 10. The Labute approximate surface area is 303 Å². The molecule has 3 aromatic rings. The molecule has 268 valence electrons. The number of carbonyl (C=O) groups is 2. The predicted molar refractivity (Wildman–Crippen MR) is 186 cm³/mol. The zero-order chi connectivity index (χ0) is 35.4. The number of amides is 1. The fourth-order valence-corrected chi connectivity index (χ4v) is 8.62. The minimum Gasteiger partial charge on any atom is -0.489 e. The molecular weight excluding hydrogens is 735 g/mol. The van der Waals surface area contributed by atoms with Crippen LogP contribution >= 0.6 is 35.0 Å². The number of benzene rings is 2. The normalized spacial score (nSPS) is 19.7. The van der Waals surface area contributed by atoms with Crippen LogP contribution < -0.4 is 9.47 Å². The predicted octanol–water partition coefficient (Wildman–Crippen LogP) is 6.05. The molecule has 2 saturated heterocycles. The fraction of sp³-hybridized carbons (Fsp3) is 0.441. The third kappa shape index (κ3) is 9.38. The molecule has 1 amide bonds. The van der Waals surface area contributed by atoms with E-state index in [1.807, 2.05) is 12.1 Å². The second kappa shape index (κ2) is 16.0. The number of esters is 1. The molecule has 0 spiro atoms. The van der Waals surface area contributed by atoms with Crippen LogP contribution in [0.25, 0.3) is 0 Å². The van der Waals surface area contributed by atoms with Gasteiger partial charge in [0, 0.05) is 56.3 Å². The van der Waals surface area contributed by atoms with Crippen LogP contribution in [-0.2, 0) is 32.3 Å². The van der Waals surface area contributed by atoms with Gasteiger partial charge < -0.3 is 19.1 Å². The monoisotopic (exact) mass is 769 g/mol. The number of pyridine rings is 1. The summed E-state index contributed by atoms with van der Waals surface area (Å²) in [5.41, 5.74) is 2.23. The smallest absolute Gasteiger partial charge is 0.387 e. The van der Waals surface area contributed by atoms with Crippen LogP contribution in [0, 0.1) is 5.92 Å². The van der Waals surface area contributed by atoms with E-state index >= 15 is 0 Å². The summed E-state index contributed by atoms with van der Waals surface area (Å²) in [5, 5.41) is -0.445. The van der Waals surface area contributed by atoms with E-state index in [4.69, 9.17) is 37.4 Å². The van der Waals surface area contributed by atoms with Gasteiger partial charge >= 0.3 is 12.6 Å². The van der Waals surface area contributed by atoms with Crippen molar-refractivity contribution in [1.29, 1.82) is 0 Å². The number of carbonyl (C=O) groups excluding carboxylic acids is 2. The van der Waals surface area contributed by atoms with Crippen LogP contribution in [0.2, 0.25) is 10.0 Å². The van der Waals surface area contributed by atoms with E-state index in [2.05, 4.69) is 9.88 Å². The average molecular weight is 771 g/mol. The Hall–Kier alpha value is -3.17. The number of sulfone groups is 1. The van der Waals surface area contributed by atoms with Gasteiger partial charge in [0.1, 0.15) is 6.10 Å². The quantitative estimate of drug-likeness (QED) is 0.190. The van der Waals surface area contributed by atoms with E-state index in [1.54, 1.807) is 12.1 Å². The maximum absolute atomic E-state index is 13.9. The molecule has 0 bridgehead atoms. The van der Waals surface area contributed by atoms with E-state index in [0.717, 1.165) is 18.4 Å². The highest BCUT2D eigenvalue weighted by Gasteiger charge is 2.38. The lowest BCUT2D eigenvalue weighted by molar-refractivity contribution is -0.151. The van der Waals surface area contributed by atoms with Crippen molar-refractivity contribution in [2.45, 2.75) is 43.9 Å². The molecule has 0 N–H and O–H groups in total. The summed E-state index contributed by atoms with van der Waals surface area (Å²) < 4.78 is 66.6. The molecule has 50 heavy (non-hydrogen) atoms. The largest absolute Gasteiger partial charge is 0.489 e. The van der Waals surface area contributed by atoms with Gasteiger partial charge in [-0.25, -0.2) is 13.2 Å². The van der Waals surface area contributed by atoms with Crippen LogP contribution in [0.5, 0.6) is 11.5 Å². The molecule has 0 radical (unpaired) electrons. The fourth-order valence-electron chi connectivity index (χ4n) is 5.73. The van der Waals surface area contributed by atoms with E-state index in [0.29, 0.717) is 61.1 Å². The van der Waals surface area contributed by atoms with Crippen molar-refractivity contribution in [3.63, 3.8) is 0 Å².